The summed E-state index contributed by atoms with van der Waals surface area (Å²) in [5.74, 6) is 3.34. The molecule has 148 valence electrons. The van der Waals surface area contributed by atoms with Gasteiger partial charge < -0.3 is 15.5 Å². The normalized spacial score (nSPS) is 30.5. The topological polar surface area (TPSA) is 103 Å². The van der Waals surface area contributed by atoms with Gasteiger partial charge in [-0.15, -0.1) is 0 Å². The Hall–Kier alpha value is -2.57. The van der Waals surface area contributed by atoms with Crippen molar-refractivity contribution in [3.63, 3.8) is 0 Å². The predicted molar refractivity (Wildman–Crippen MR) is 104 cm³/mol. The summed E-state index contributed by atoms with van der Waals surface area (Å²) in [5, 5.41) is 7.60. The van der Waals surface area contributed by atoms with Crippen molar-refractivity contribution in [3.8, 4) is 11.5 Å². The summed E-state index contributed by atoms with van der Waals surface area (Å²) in [5.41, 5.74) is 5.85. The number of nitrogen functional groups attached to an aromatic ring is 1. The minimum atomic E-state index is -0.451. The molecule has 4 aliphatic rings. The monoisotopic (exact) mass is 382 g/mol. The molecule has 2 aromatic rings. The molecule has 0 spiro atoms. The molecule has 3 N–H and O–H groups in total. The van der Waals surface area contributed by atoms with Gasteiger partial charge in [-0.2, -0.15) is 5.10 Å². The second kappa shape index (κ2) is 6.22. The molecule has 4 saturated carbocycles. The third-order valence-corrected chi connectivity index (χ3v) is 6.73. The summed E-state index contributed by atoms with van der Waals surface area (Å²) in [7, 11) is 0. The van der Waals surface area contributed by atoms with E-state index in [0.717, 1.165) is 47.5 Å². The van der Waals surface area contributed by atoms with Gasteiger partial charge in [-0.05, 0) is 81.4 Å². The van der Waals surface area contributed by atoms with Gasteiger partial charge in [0.2, 0.25) is 5.91 Å². The number of nitrogens with two attached hydrogens (primary N) is 1. The maximum Gasteiger partial charge on any atom is 0.290 e. The van der Waals surface area contributed by atoms with Crippen molar-refractivity contribution in [2.24, 2.45) is 17.8 Å². The molecular formula is C21H26N4O3. The highest BCUT2D eigenvalue weighted by Gasteiger charge is 2.51. The smallest absolute Gasteiger partial charge is 0.290 e. The van der Waals surface area contributed by atoms with E-state index in [4.69, 9.17) is 10.2 Å². The molecule has 7 nitrogen and oxygen atoms in total. The number of anilines is 1. The minimum absolute atomic E-state index is 0.0571. The lowest BCUT2D eigenvalue weighted by molar-refractivity contribution is -0.127. The van der Waals surface area contributed by atoms with Crippen LogP contribution in [0.3, 0.4) is 0 Å². The first-order valence-electron chi connectivity index (χ1n) is 10.1. The zero-order valence-corrected chi connectivity index (χ0v) is 16.1. The molecule has 0 atom stereocenters. The SMILES string of the molecule is Cc1ccc(-c2cc(N)c(=O)n(CC(=O)NC34CC5CC(CC(C5)C3)C4)n2)o1. The van der Waals surface area contributed by atoms with E-state index >= 15 is 0 Å². The molecular weight excluding hydrogens is 356 g/mol. The lowest BCUT2D eigenvalue weighted by Crippen LogP contribution is -2.60. The second-order valence-electron chi connectivity index (χ2n) is 9.10. The van der Waals surface area contributed by atoms with Gasteiger partial charge in [0.25, 0.3) is 5.56 Å². The molecule has 4 fully saturated rings. The first-order chi connectivity index (χ1) is 13.4. The van der Waals surface area contributed by atoms with E-state index in [0.29, 0.717) is 11.5 Å². The maximum atomic E-state index is 12.8. The molecule has 4 bridgehead atoms. The molecule has 28 heavy (non-hydrogen) atoms. The minimum Gasteiger partial charge on any atom is -0.460 e. The van der Waals surface area contributed by atoms with Gasteiger partial charge in [0, 0.05) is 5.54 Å². The fourth-order valence-corrected chi connectivity index (χ4v) is 6.10. The lowest BCUT2D eigenvalue weighted by atomic mass is 9.53. The molecule has 0 aliphatic heterocycles. The Balaban J connectivity index is 1.36. The number of furan rings is 1. The van der Waals surface area contributed by atoms with E-state index in [9.17, 15) is 9.59 Å². The van der Waals surface area contributed by atoms with Gasteiger partial charge in [0.1, 0.15) is 23.7 Å². The van der Waals surface area contributed by atoms with Crippen LogP contribution in [0.25, 0.3) is 11.5 Å². The second-order valence-corrected chi connectivity index (χ2v) is 9.10. The number of amides is 1. The first-order valence-corrected chi connectivity index (χ1v) is 10.1. The van der Waals surface area contributed by atoms with E-state index in [2.05, 4.69) is 10.4 Å². The van der Waals surface area contributed by atoms with Crippen LogP contribution < -0.4 is 16.6 Å². The number of aryl methyl sites for hydroxylation is 1. The van der Waals surface area contributed by atoms with Crippen LogP contribution in [0.15, 0.2) is 27.4 Å². The highest BCUT2D eigenvalue weighted by Crippen LogP contribution is 2.55. The summed E-state index contributed by atoms with van der Waals surface area (Å²) >= 11 is 0. The third kappa shape index (κ3) is 3.02. The number of hydrogen-bond acceptors (Lipinski definition) is 5. The van der Waals surface area contributed by atoms with Crippen LogP contribution in [0, 0.1) is 24.7 Å². The van der Waals surface area contributed by atoms with Crippen LogP contribution in [0.1, 0.15) is 44.3 Å². The Morgan fingerprint density at radius 1 is 1.25 bits per heavy atom. The van der Waals surface area contributed by atoms with Crippen LogP contribution in [-0.2, 0) is 11.3 Å². The van der Waals surface area contributed by atoms with E-state index in [1.54, 1.807) is 6.07 Å². The fraction of sp³-hybridized carbons (Fsp3) is 0.571. The molecule has 0 unspecified atom stereocenters. The van der Waals surface area contributed by atoms with E-state index in [1.165, 1.54) is 25.3 Å². The molecule has 1 amide bonds. The standard InChI is InChI=1S/C21H26N4O3/c1-12-2-3-18(28-12)17-7-16(22)20(27)25(24-17)11-19(26)23-21-8-13-4-14(9-21)6-15(5-13)10-21/h2-3,7,13-15H,4-6,8-11,22H2,1H3,(H,23,26). The van der Waals surface area contributed by atoms with Crippen molar-refractivity contribution in [3.05, 3.63) is 34.3 Å². The summed E-state index contributed by atoms with van der Waals surface area (Å²) < 4.78 is 6.73. The predicted octanol–water partition coefficient (Wildman–Crippen LogP) is 2.48. The quantitative estimate of drug-likeness (QED) is 0.846. The Labute approximate surface area is 163 Å². The number of nitrogens with zero attached hydrogens (tertiary/aromatic N) is 2. The molecule has 0 saturated heterocycles. The molecule has 0 radical (unpaired) electrons. The first kappa shape index (κ1) is 17.5. The largest absolute Gasteiger partial charge is 0.460 e. The Bertz CT molecular complexity index is 954. The van der Waals surface area contributed by atoms with Gasteiger partial charge >= 0.3 is 0 Å². The van der Waals surface area contributed by atoms with E-state index in [1.807, 2.05) is 13.0 Å². The Morgan fingerprint density at radius 2 is 1.89 bits per heavy atom. The van der Waals surface area contributed by atoms with E-state index in [-0.39, 0.29) is 23.7 Å². The van der Waals surface area contributed by atoms with Crippen LogP contribution in [0.4, 0.5) is 5.69 Å². The van der Waals surface area contributed by atoms with Gasteiger partial charge in [0.15, 0.2) is 5.76 Å². The highest BCUT2D eigenvalue weighted by molar-refractivity contribution is 5.76. The number of carbonyl (C=O) groups excluding carboxylic acids is 1. The number of rotatable bonds is 4. The van der Waals surface area contributed by atoms with Gasteiger partial charge in [0.05, 0.1) is 0 Å². The van der Waals surface area contributed by atoms with E-state index < -0.39 is 5.56 Å². The van der Waals surface area contributed by atoms with Crippen molar-refractivity contribution in [2.75, 3.05) is 5.73 Å². The molecule has 2 heterocycles. The van der Waals surface area contributed by atoms with Crippen LogP contribution >= 0.6 is 0 Å². The van der Waals surface area contributed by atoms with Crippen LogP contribution in [-0.4, -0.2) is 21.2 Å². The molecule has 7 heteroatoms. The Kier molecular flexibility index (Phi) is 3.89. The highest BCUT2D eigenvalue weighted by atomic mass is 16.3. The van der Waals surface area contributed by atoms with Gasteiger partial charge in [-0.1, -0.05) is 0 Å². The van der Waals surface area contributed by atoms with Crippen molar-refractivity contribution in [1.29, 1.82) is 0 Å². The van der Waals surface area contributed by atoms with Crippen molar-refractivity contribution >= 4 is 11.6 Å². The summed E-state index contributed by atoms with van der Waals surface area (Å²) in [6.45, 7) is 1.71. The zero-order valence-electron chi connectivity index (χ0n) is 16.1. The van der Waals surface area contributed by atoms with Crippen LogP contribution in [0.2, 0.25) is 0 Å². The van der Waals surface area contributed by atoms with Crippen molar-refractivity contribution in [2.45, 2.75) is 57.5 Å². The van der Waals surface area contributed by atoms with Gasteiger partial charge in [-0.3, -0.25) is 9.59 Å². The summed E-state index contributed by atoms with van der Waals surface area (Å²) in [6, 6.07) is 5.10. The number of carbonyl (C=O) groups is 1. The average Bonchev–Trinajstić information content (AvgIpc) is 3.03. The molecule has 4 aliphatic carbocycles. The third-order valence-electron chi connectivity index (χ3n) is 6.73. The number of hydrogen-bond donors (Lipinski definition) is 2. The average molecular weight is 382 g/mol. The van der Waals surface area contributed by atoms with Gasteiger partial charge in [-0.25, -0.2) is 4.68 Å². The van der Waals surface area contributed by atoms with Crippen molar-refractivity contribution < 1.29 is 9.21 Å². The molecule has 2 aromatic heterocycles. The Morgan fingerprint density at radius 3 is 2.46 bits per heavy atom. The summed E-state index contributed by atoms with van der Waals surface area (Å²) in [4.78, 5) is 25.3. The summed E-state index contributed by atoms with van der Waals surface area (Å²) in [6.07, 6.45) is 7.16. The fourth-order valence-electron chi connectivity index (χ4n) is 6.10. The molecule has 0 aromatic carbocycles. The number of nitrogens with one attached hydrogen (secondary N) is 1. The lowest BCUT2D eigenvalue weighted by Gasteiger charge is -2.56. The van der Waals surface area contributed by atoms with Crippen LogP contribution in [0.5, 0.6) is 0 Å². The molecule has 6 rings (SSSR count). The van der Waals surface area contributed by atoms with Crippen molar-refractivity contribution in [1.82, 2.24) is 15.1 Å². The zero-order chi connectivity index (χ0) is 19.5. The number of aromatic nitrogens is 2. The maximum absolute atomic E-state index is 12.8.